The second-order valence-electron chi connectivity index (χ2n) is 6.70. The van der Waals surface area contributed by atoms with Crippen LogP contribution in [0.25, 0.3) is 11.0 Å². The minimum Gasteiger partial charge on any atom is -0.349 e. The molecule has 3 aromatic rings. The molecule has 136 valence electrons. The number of aromatic nitrogens is 4. The van der Waals surface area contributed by atoms with Gasteiger partial charge in [0.25, 0.3) is 5.56 Å². The van der Waals surface area contributed by atoms with E-state index in [2.05, 4.69) is 29.2 Å². The van der Waals surface area contributed by atoms with Crippen molar-refractivity contribution in [1.29, 1.82) is 0 Å². The van der Waals surface area contributed by atoms with E-state index in [9.17, 15) is 9.59 Å². The summed E-state index contributed by atoms with van der Waals surface area (Å²) in [5, 5.41) is 7.58. The molecule has 7 nitrogen and oxygen atoms in total. The normalized spacial score (nSPS) is 12.5. The highest BCUT2D eigenvalue weighted by atomic mass is 16.2. The highest BCUT2D eigenvalue weighted by Gasteiger charge is 2.18. The fourth-order valence-corrected chi connectivity index (χ4v) is 2.99. The average molecular weight is 353 g/mol. The monoisotopic (exact) mass is 353 g/mol. The van der Waals surface area contributed by atoms with Gasteiger partial charge in [-0.05, 0) is 11.5 Å². The van der Waals surface area contributed by atoms with Crippen molar-refractivity contribution in [3.8, 4) is 0 Å². The van der Waals surface area contributed by atoms with Gasteiger partial charge in [0.2, 0.25) is 5.91 Å². The zero-order valence-electron chi connectivity index (χ0n) is 15.2. The van der Waals surface area contributed by atoms with E-state index in [1.54, 1.807) is 11.7 Å². The van der Waals surface area contributed by atoms with Crippen LogP contribution in [0.15, 0.2) is 47.7 Å². The third-order valence-electron chi connectivity index (χ3n) is 4.44. The third kappa shape index (κ3) is 3.66. The minimum absolute atomic E-state index is 0.0562. The number of hydrogen-bond acceptors (Lipinski definition) is 4. The van der Waals surface area contributed by atoms with Gasteiger partial charge in [-0.1, -0.05) is 44.2 Å². The molecule has 2 aromatic heterocycles. The lowest BCUT2D eigenvalue weighted by Gasteiger charge is -2.23. The van der Waals surface area contributed by atoms with Crippen LogP contribution in [0, 0.1) is 5.92 Å². The van der Waals surface area contributed by atoms with Gasteiger partial charge < -0.3 is 5.32 Å². The molecular weight excluding hydrogens is 330 g/mol. The van der Waals surface area contributed by atoms with Crippen molar-refractivity contribution in [1.82, 2.24) is 24.6 Å². The van der Waals surface area contributed by atoms with Crippen LogP contribution in [0.3, 0.4) is 0 Å². The first-order chi connectivity index (χ1) is 12.5. The molecule has 1 unspecified atom stereocenters. The molecule has 0 saturated carbocycles. The summed E-state index contributed by atoms with van der Waals surface area (Å²) in [5.41, 5.74) is 1.44. The number of carbonyl (C=O) groups is 1. The van der Waals surface area contributed by atoms with E-state index >= 15 is 0 Å². The molecule has 26 heavy (non-hydrogen) atoms. The molecule has 0 bridgehead atoms. The summed E-state index contributed by atoms with van der Waals surface area (Å²) in [5.74, 6) is 0.170. The maximum absolute atomic E-state index is 12.4. The van der Waals surface area contributed by atoms with Crippen molar-refractivity contribution in [2.75, 3.05) is 0 Å². The van der Waals surface area contributed by atoms with Crippen molar-refractivity contribution in [3.63, 3.8) is 0 Å². The molecule has 1 aromatic carbocycles. The van der Waals surface area contributed by atoms with Crippen LogP contribution >= 0.6 is 0 Å². The first-order valence-corrected chi connectivity index (χ1v) is 8.69. The van der Waals surface area contributed by atoms with Crippen LogP contribution < -0.4 is 10.9 Å². The molecule has 0 spiro atoms. The summed E-state index contributed by atoms with van der Waals surface area (Å²) in [4.78, 5) is 29.1. The molecule has 1 amide bonds. The molecule has 1 atom stereocenters. The van der Waals surface area contributed by atoms with Gasteiger partial charge in [-0.25, -0.2) is 4.98 Å². The highest BCUT2D eigenvalue weighted by molar-refractivity contribution is 5.76. The van der Waals surface area contributed by atoms with Gasteiger partial charge in [0, 0.05) is 20.0 Å². The molecule has 0 radical (unpaired) electrons. The van der Waals surface area contributed by atoms with Gasteiger partial charge >= 0.3 is 0 Å². The van der Waals surface area contributed by atoms with Crippen molar-refractivity contribution in [2.45, 2.75) is 32.9 Å². The van der Waals surface area contributed by atoms with E-state index in [1.165, 1.54) is 17.1 Å². The Balaban J connectivity index is 1.69. The number of hydrogen-bond donors (Lipinski definition) is 1. The largest absolute Gasteiger partial charge is 0.349 e. The summed E-state index contributed by atoms with van der Waals surface area (Å²) in [6.45, 7) is 4.42. The van der Waals surface area contributed by atoms with Crippen molar-refractivity contribution in [3.05, 3.63) is 58.8 Å². The van der Waals surface area contributed by atoms with E-state index in [0.29, 0.717) is 11.0 Å². The van der Waals surface area contributed by atoms with E-state index in [1.807, 2.05) is 30.3 Å². The van der Waals surface area contributed by atoms with Crippen LogP contribution in [0.2, 0.25) is 0 Å². The molecule has 7 heteroatoms. The van der Waals surface area contributed by atoms with Gasteiger partial charge in [0.1, 0.15) is 5.39 Å². The topological polar surface area (TPSA) is 81.8 Å². The van der Waals surface area contributed by atoms with E-state index in [4.69, 9.17) is 0 Å². The van der Waals surface area contributed by atoms with Crippen molar-refractivity contribution in [2.24, 2.45) is 13.0 Å². The summed E-state index contributed by atoms with van der Waals surface area (Å²) in [7, 11) is 1.74. The molecule has 1 N–H and O–H groups in total. The Labute approximate surface area is 151 Å². The van der Waals surface area contributed by atoms with Gasteiger partial charge in [-0.15, -0.1) is 0 Å². The molecule has 2 heterocycles. The zero-order valence-corrected chi connectivity index (χ0v) is 15.2. The number of fused-ring (bicyclic) bond motifs is 1. The molecule has 0 aliphatic heterocycles. The predicted molar refractivity (Wildman–Crippen MR) is 99.5 cm³/mol. The maximum atomic E-state index is 12.4. The SMILES string of the molecule is CC(C)C(NC(=O)CCn1cnc2c(cnn2C)c1=O)c1ccccc1. The average Bonchev–Trinajstić information content (AvgIpc) is 3.01. The van der Waals surface area contributed by atoms with Gasteiger partial charge in [0.05, 0.1) is 18.6 Å². The second kappa shape index (κ2) is 7.51. The van der Waals surface area contributed by atoms with Crippen molar-refractivity contribution < 1.29 is 4.79 Å². The van der Waals surface area contributed by atoms with E-state index < -0.39 is 0 Å². The number of nitrogens with one attached hydrogen (secondary N) is 1. The van der Waals surface area contributed by atoms with Crippen LogP contribution in [0.5, 0.6) is 0 Å². The number of carbonyl (C=O) groups excluding carboxylic acids is 1. The lowest BCUT2D eigenvalue weighted by molar-refractivity contribution is -0.122. The number of amides is 1. The van der Waals surface area contributed by atoms with Crippen LogP contribution in [-0.2, 0) is 18.4 Å². The number of aryl methyl sites for hydroxylation is 2. The molecule has 0 fully saturated rings. The van der Waals surface area contributed by atoms with Crippen LogP contribution in [-0.4, -0.2) is 25.2 Å². The standard InChI is InChI=1S/C19H23N5O2/c1-13(2)17(14-7-5-4-6-8-14)22-16(25)9-10-24-12-20-18-15(19(24)26)11-21-23(18)3/h4-8,11-13,17H,9-10H2,1-3H3,(H,22,25). The Morgan fingerprint density at radius 3 is 2.65 bits per heavy atom. The van der Waals surface area contributed by atoms with Crippen LogP contribution in [0.1, 0.15) is 31.9 Å². The molecule has 0 saturated heterocycles. The third-order valence-corrected chi connectivity index (χ3v) is 4.44. The molecule has 0 aliphatic carbocycles. The Morgan fingerprint density at radius 2 is 1.96 bits per heavy atom. The smallest absolute Gasteiger partial charge is 0.264 e. The number of rotatable bonds is 6. The van der Waals surface area contributed by atoms with Crippen molar-refractivity contribution >= 4 is 16.9 Å². The minimum atomic E-state index is -0.181. The Bertz CT molecular complexity index is 959. The lowest BCUT2D eigenvalue weighted by atomic mass is 9.96. The summed E-state index contributed by atoms with van der Waals surface area (Å²) >= 11 is 0. The maximum Gasteiger partial charge on any atom is 0.264 e. The van der Waals surface area contributed by atoms with Gasteiger partial charge in [-0.2, -0.15) is 5.10 Å². The second-order valence-corrected chi connectivity index (χ2v) is 6.70. The molecular formula is C19H23N5O2. The number of nitrogens with zero attached hydrogens (tertiary/aromatic N) is 4. The van der Waals surface area contributed by atoms with E-state index in [-0.39, 0.29) is 36.4 Å². The first kappa shape index (κ1) is 17.8. The number of benzene rings is 1. The Morgan fingerprint density at radius 1 is 1.23 bits per heavy atom. The zero-order chi connectivity index (χ0) is 18.7. The predicted octanol–water partition coefficient (Wildman–Crippen LogP) is 2.03. The Hall–Kier alpha value is -2.96. The van der Waals surface area contributed by atoms with Gasteiger partial charge in [0.15, 0.2) is 5.65 Å². The molecule has 3 rings (SSSR count). The fraction of sp³-hybridized carbons (Fsp3) is 0.368. The highest BCUT2D eigenvalue weighted by Crippen LogP contribution is 2.21. The quantitative estimate of drug-likeness (QED) is 0.735. The summed E-state index contributed by atoms with van der Waals surface area (Å²) in [6.07, 6.45) is 3.19. The van der Waals surface area contributed by atoms with Gasteiger partial charge in [-0.3, -0.25) is 18.8 Å². The summed E-state index contributed by atoms with van der Waals surface area (Å²) < 4.78 is 3.01. The summed E-state index contributed by atoms with van der Waals surface area (Å²) in [6, 6.07) is 9.85. The first-order valence-electron chi connectivity index (χ1n) is 8.69. The van der Waals surface area contributed by atoms with Crippen LogP contribution in [0.4, 0.5) is 0 Å². The van der Waals surface area contributed by atoms with E-state index in [0.717, 1.165) is 5.56 Å². The molecule has 0 aliphatic rings. The lowest BCUT2D eigenvalue weighted by Crippen LogP contribution is -2.33. The fourth-order valence-electron chi connectivity index (χ4n) is 2.99. The Kier molecular flexibility index (Phi) is 5.16.